The largest absolute Gasteiger partial charge is 0.497 e. The van der Waals surface area contributed by atoms with E-state index in [-0.39, 0.29) is 36.0 Å². The number of fused-ring (bicyclic) bond motifs is 5. The molecule has 2 aliphatic carbocycles. The molecule has 0 aromatic heterocycles. The van der Waals surface area contributed by atoms with E-state index < -0.39 is 0 Å². The van der Waals surface area contributed by atoms with Crippen molar-refractivity contribution in [3.8, 4) is 11.5 Å². The maximum atomic E-state index is 13.1. The average molecular weight is 405 g/mol. The number of hydrogen-bond donors (Lipinski definition) is 0. The first-order valence-electron chi connectivity index (χ1n) is 10.4. The molecule has 2 bridgehead atoms. The van der Waals surface area contributed by atoms with Crippen LogP contribution in [-0.4, -0.2) is 31.3 Å². The number of ether oxygens (including phenoxy) is 2. The van der Waals surface area contributed by atoms with Gasteiger partial charge in [-0.2, -0.15) is 0 Å². The highest BCUT2D eigenvalue weighted by Gasteiger charge is 2.61. The molecular weight excluding hydrogens is 382 g/mol. The molecule has 2 amide bonds. The van der Waals surface area contributed by atoms with Crippen LogP contribution in [0.25, 0.3) is 0 Å². The van der Waals surface area contributed by atoms with Gasteiger partial charge in [0.2, 0.25) is 11.8 Å². The first-order chi connectivity index (χ1) is 14.6. The van der Waals surface area contributed by atoms with Gasteiger partial charge in [0.1, 0.15) is 11.5 Å². The number of carbonyl (C=O) groups excluding carboxylic acids is 3. The fourth-order valence-corrected chi connectivity index (χ4v) is 5.41. The minimum absolute atomic E-state index is 0.116. The second kappa shape index (κ2) is 7.27. The Hall–Kier alpha value is -3.15. The lowest BCUT2D eigenvalue weighted by molar-refractivity contribution is -0.123. The number of anilines is 1. The maximum absolute atomic E-state index is 13.1. The van der Waals surface area contributed by atoms with Crippen molar-refractivity contribution in [2.75, 3.05) is 18.6 Å². The second-order valence-electron chi connectivity index (χ2n) is 8.30. The van der Waals surface area contributed by atoms with E-state index in [1.807, 2.05) is 0 Å². The van der Waals surface area contributed by atoms with Gasteiger partial charge in [-0.15, -0.1) is 0 Å². The van der Waals surface area contributed by atoms with Crippen LogP contribution in [0.5, 0.6) is 11.5 Å². The van der Waals surface area contributed by atoms with Crippen LogP contribution in [0, 0.1) is 23.7 Å². The lowest BCUT2D eigenvalue weighted by Gasteiger charge is -2.20. The lowest BCUT2D eigenvalue weighted by Crippen LogP contribution is -2.33. The highest BCUT2D eigenvalue weighted by molar-refractivity contribution is 6.23. The van der Waals surface area contributed by atoms with Gasteiger partial charge in [-0.25, -0.2) is 4.90 Å². The molecule has 0 spiro atoms. The van der Waals surface area contributed by atoms with Crippen molar-refractivity contribution in [3.05, 3.63) is 54.1 Å². The first kappa shape index (κ1) is 18.9. The minimum atomic E-state index is -0.193. The molecule has 2 saturated carbocycles. The highest BCUT2D eigenvalue weighted by atomic mass is 16.5. The summed E-state index contributed by atoms with van der Waals surface area (Å²) in [5, 5.41) is 0. The van der Waals surface area contributed by atoms with E-state index in [1.165, 1.54) is 4.90 Å². The Morgan fingerprint density at radius 2 is 1.60 bits per heavy atom. The lowest BCUT2D eigenvalue weighted by atomic mass is 9.81. The molecule has 2 aromatic rings. The van der Waals surface area contributed by atoms with Crippen molar-refractivity contribution in [1.82, 2.24) is 0 Å². The van der Waals surface area contributed by atoms with Gasteiger partial charge in [0.25, 0.3) is 0 Å². The van der Waals surface area contributed by atoms with Crippen LogP contribution in [0.1, 0.15) is 29.6 Å². The fraction of sp³-hybridized carbons (Fsp3) is 0.375. The van der Waals surface area contributed by atoms with Crippen LogP contribution < -0.4 is 14.4 Å². The van der Waals surface area contributed by atoms with Crippen molar-refractivity contribution in [3.63, 3.8) is 0 Å². The molecule has 6 heteroatoms. The molecule has 1 aliphatic heterocycles. The number of nitrogens with zero attached hydrogens (tertiary/aromatic N) is 1. The van der Waals surface area contributed by atoms with Crippen molar-refractivity contribution >= 4 is 23.3 Å². The summed E-state index contributed by atoms with van der Waals surface area (Å²) in [6, 6.07) is 13.8. The molecule has 0 radical (unpaired) electrons. The molecule has 6 nitrogen and oxygen atoms in total. The van der Waals surface area contributed by atoms with Crippen molar-refractivity contribution in [2.24, 2.45) is 23.7 Å². The normalized spacial score (nSPS) is 26.8. The Balaban J connectivity index is 1.35. The van der Waals surface area contributed by atoms with Crippen LogP contribution in [0.4, 0.5) is 5.69 Å². The zero-order valence-corrected chi connectivity index (χ0v) is 16.7. The molecule has 0 unspecified atom stereocenters. The number of ketones is 1. The van der Waals surface area contributed by atoms with Gasteiger partial charge in [0, 0.05) is 5.56 Å². The van der Waals surface area contributed by atoms with E-state index in [2.05, 4.69) is 0 Å². The van der Waals surface area contributed by atoms with E-state index in [0.29, 0.717) is 34.6 Å². The van der Waals surface area contributed by atoms with Crippen LogP contribution >= 0.6 is 0 Å². The van der Waals surface area contributed by atoms with E-state index in [1.54, 1.807) is 55.6 Å². The number of benzene rings is 2. The van der Waals surface area contributed by atoms with Crippen LogP contribution in [0.15, 0.2) is 48.5 Å². The molecule has 2 aromatic carbocycles. The number of hydrogen-bond acceptors (Lipinski definition) is 5. The van der Waals surface area contributed by atoms with Gasteiger partial charge in [0.15, 0.2) is 12.4 Å². The summed E-state index contributed by atoms with van der Waals surface area (Å²) in [6.45, 7) is -0.183. The topological polar surface area (TPSA) is 72.9 Å². The smallest absolute Gasteiger partial charge is 0.238 e. The number of imide groups is 1. The van der Waals surface area contributed by atoms with Crippen LogP contribution in [-0.2, 0) is 9.59 Å². The number of amides is 2. The third-order valence-corrected chi connectivity index (χ3v) is 6.80. The van der Waals surface area contributed by atoms with Gasteiger partial charge < -0.3 is 9.47 Å². The van der Waals surface area contributed by atoms with Gasteiger partial charge in [-0.1, -0.05) is 12.1 Å². The van der Waals surface area contributed by atoms with E-state index >= 15 is 0 Å². The molecule has 154 valence electrons. The van der Waals surface area contributed by atoms with E-state index in [0.717, 1.165) is 19.3 Å². The van der Waals surface area contributed by atoms with E-state index in [9.17, 15) is 14.4 Å². The standard InChI is InChI=1S/C24H23NO5/c1-29-17-10-8-14(9-11-17)19(26)13-30-20-5-3-2-4-18(20)25-23(27)21-15-6-7-16(12-15)22(21)24(25)28/h2-5,8-11,15-16,21-22H,6-7,12-13H2,1H3/t15-,16+,21-,22-/m0/s1. The Bertz CT molecular complexity index is 987. The number of rotatable bonds is 6. The van der Waals surface area contributed by atoms with Gasteiger partial charge in [-0.3, -0.25) is 14.4 Å². The van der Waals surface area contributed by atoms with E-state index in [4.69, 9.17) is 9.47 Å². The van der Waals surface area contributed by atoms with Crippen molar-refractivity contribution in [1.29, 1.82) is 0 Å². The maximum Gasteiger partial charge on any atom is 0.238 e. The number of para-hydroxylation sites is 2. The first-order valence-corrected chi connectivity index (χ1v) is 10.4. The summed E-state index contributed by atoms with van der Waals surface area (Å²) in [4.78, 5) is 40.1. The summed E-state index contributed by atoms with van der Waals surface area (Å²) in [6.07, 6.45) is 3.07. The monoisotopic (exact) mass is 405 g/mol. The Kier molecular flexibility index (Phi) is 4.57. The van der Waals surface area contributed by atoms with Gasteiger partial charge >= 0.3 is 0 Å². The van der Waals surface area contributed by atoms with Gasteiger partial charge in [0.05, 0.1) is 24.6 Å². The van der Waals surface area contributed by atoms with Crippen molar-refractivity contribution in [2.45, 2.75) is 19.3 Å². The molecule has 1 heterocycles. The quantitative estimate of drug-likeness (QED) is 0.543. The SMILES string of the molecule is COc1ccc(C(=O)COc2ccccc2N2C(=O)[C@H]3[C@@H]4CC[C@@H](C4)[C@@H]3C2=O)cc1. The molecule has 3 aliphatic rings. The summed E-state index contributed by atoms with van der Waals surface area (Å²) in [5.74, 6) is 0.885. The summed E-state index contributed by atoms with van der Waals surface area (Å²) in [5.41, 5.74) is 0.941. The Labute approximate surface area is 174 Å². The molecule has 3 fully saturated rings. The Morgan fingerprint density at radius 3 is 2.23 bits per heavy atom. The number of methoxy groups -OCH3 is 1. The molecule has 1 saturated heterocycles. The fourth-order valence-electron chi connectivity index (χ4n) is 5.41. The predicted octanol–water partition coefficient (Wildman–Crippen LogP) is 3.49. The molecule has 5 rings (SSSR count). The predicted molar refractivity (Wildman–Crippen MR) is 110 cm³/mol. The zero-order valence-electron chi connectivity index (χ0n) is 16.7. The second-order valence-corrected chi connectivity index (χ2v) is 8.30. The van der Waals surface area contributed by atoms with Gasteiger partial charge in [-0.05, 0) is 67.5 Å². The Morgan fingerprint density at radius 1 is 0.967 bits per heavy atom. The van der Waals surface area contributed by atoms with Crippen molar-refractivity contribution < 1.29 is 23.9 Å². The third kappa shape index (κ3) is 2.90. The number of carbonyl (C=O) groups is 3. The zero-order chi connectivity index (χ0) is 20.8. The summed E-state index contributed by atoms with van der Waals surface area (Å²) < 4.78 is 10.9. The summed E-state index contributed by atoms with van der Waals surface area (Å²) >= 11 is 0. The molecular formula is C24H23NO5. The molecule has 0 N–H and O–H groups in total. The van der Waals surface area contributed by atoms with Crippen LogP contribution in [0.3, 0.4) is 0 Å². The molecule has 30 heavy (non-hydrogen) atoms. The third-order valence-electron chi connectivity index (χ3n) is 6.80. The highest BCUT2D eigenvalue weighted by Crippen LogP contribution is 2.57. The average Bonchev–Trinajstić information content (AvgIpc) is 3.46. The summed E-state index contributed by atoms with van der Waals surface area (Å²) in [7, 11) is 1.57. The molecule has 4 atom stereocenters. The minimum Gasteiger partial charge on any atom is -0.497 e. The number of Topliss-reactive ketones (excluding diaryl/α,β-unsaturated/α-hetero) is 1. The van der Waals surface area contributed by atoms with Crippen LogP contribution in [0.2, 0.25) is 0 Å².